The Kier molecular flexibility index (Phi) is 5.80. The van der Waals surface area contributed by atoms with Crippen LogP contribution in [0.4, 0.5) is 5.69 Å². The molecule has 3 saturated heterocycles. The van der Waals surface area contributed by atoms with Crippen LogP contribution in [-0.4, -0.2) is 41.9 Å². The van der Waals surface area contributed by atoms with Crippen LogP contribution in [0.3, 0.4) is 0 Å². The first kappa shape index (κ1) is 23.4. The minimum atomic E-state index is -1.20. The number of hydrogen-bond acceptors (Lipinski definition) is 6. The number of nitrogens with zero attached hydrogens (tertiary/aromatic N) is 2. The van der Waals surface area contributed by atoms with E-state index in [-0.39, 0.29) is 18.4 Å². The summed E-state index contributed by atoms with van der Waals surface area (Å²) in [5.74, 6) is -1.93. The molecule has 7 nitrogen and oxygen atoms in total. The number of hydrogen-bond donors (Lipinski definition) is 0. The third-order valence-electron chi connectivity index (χ3n) is 8.03. The zero-order valence-corrected chi connectivity index (χ0v) is 20.6. The van der Waals surface area contributed by atoms with E-state index >= 15 is 0 Å². The van der Waals surface area contributed by atoms with Crippen LogP contribution < -0.4 is 9.64 Å². The molecule has 0 unspecified atom stereocenters. The molecule has 3 aliphatic rings. The molecule has 6 rings (SSSR count). The lowest BCUT2D eigenvalue weighted by Crippen LogP contribution is -2.54. The largest absolute Gasteiger partial charge is 0.497 e. The van der Waals surface area contributed by atoms with Gasteiger partial charge in [-0.2, -0.15) is 0 Å². The number of esters is 1. The van der Waals surface area contributed by atoms with Crippen LogP contribution in [0.5, 0.6) is 5.75 Å². The van der Waals surface area contributed by atoms with Crippen molar-refractivity contribution in [1.82, 2.24) is 4.90 Å². The highest BCUT2D eigenvalue weighted by molar-refractivity contribution is 6.24. The first-order valence-corrected chi connectivity index (χ1v) is 12.6. The van der Waals surface area contributed by atoms with Crippen LogP contribution in [-0.2, 0) is 25.7 Å². The summed E-state index contributed by atoms with van der Waals surface area (Å²) in [4.78, 5) is 45.4. The van der Waals surface area contributed by atoms with Gasteiger partial charge in [0.25, 0.3) is 0 Å². The maximum Gasteiger partial charge on any atom is 0.327 e. The number of amides is 2. The van der Waals surface area contributed by atoms with Crippen LogP contribution >= 0.6 is 0 Å². The average molecular weight is 497 g/mol. The van der Waals surface area contributed by atoms with Crippen LogP contribution in [0.15, 0.2) is 84.9 Å². The van der Waals surface area contributed by atoms with Crippen molar-refractivity contribution in [1.29, 1.82) is 0 Å². The lowest BCUT2D eigenvalue weighted by Gasteiger charge is -2.36. The smallest absolute Gasteiger partial charge is 0.327 e. The fourth-order valence-corrected chi connectivity index (χ4v) is 6.53. The second kappa shape index (κ2) is 9.16. The Morgan fingerprint density at radius 1 is 0.946 bits per heavy atom. The minimum absolute atomic E-state index is 0.112. The van der Waals surface area contributed by atoms with Gasteiger partial charge in [0.05, 0.1) is 24.6 Å². The summed E-state index contributed by atoms with van der Waals surface area (Å²) in [7, 11) is 1.60. The van der Waals surface area contributed by atoms with Crippen molar-refractivity contribution in [3.05, 3.63) is 96.1 Å². The molecule has 7 heteroatoms. The number of benzene rings is 3. The Morgan fingerprint density at radius 2 is 1.68 bits per heavy atom. The molecular weight excluding hydrogens is 468 g/mol. The van der Waals surface area contributed by atoms with E-state index in [1.807, 2.05) is 60.7 Å². The fourth-order valence-electron chi connectivity index (χ4n) is 6.53. The number of carbonyl (C=O) groups is 3. The van der Waals surface area contributed by atoms with Gasteiger partial charge >= 0.3 is 5.97 Å². The summed E-state index contributed by atoms with van der Waals surface area (Å²) in [6.45, 7) is 0.711. The topological polar surface area (TPSA) is 76.1 Å². The van der Waals surface area contributed by atoms with Gasteiger partial charge in [-0.05, 0) is 54.8 Å². The van der Waals surface area contributed by atoms with Crippen LogP contribution in [0.1, 0.15) is 30.0 Å². The van der Waals surface area contributed by atoms with Crippen LogP contribution in [0, 0.1) is 11.8 Å². The van der Waals surface area contributed by atoms with Gasteiger partial charge in [-0.3, -0.25) is 19.3 Å². The highest BCUT2D eigenvalue weighted by atomic mass is 16.5. The monoisotopic (exact) mass is 496 g/mol. The molecule has 37 heavy (non-hydrogen) atoms. The van der Waals surface area contributed by atoms with E-state index in [4.69, 9.17) is 9.47 Å². The standard InChI is InChI=1S/C30H28N2O5/c1-36-23-15-8-12-21(18-23)26-24-25(28(34)32(27(24)33)22-13-6-3-7-14-22)30(16-9-17-31(26)30)29(35)37-19-20-10-4-2-5-11-20/h2-8,10-15,18,24-26H,9,16-17,19H2,1H3/t24-,25-,26+,30+/m0/s1. The lowest BCUT2D eigenvalue weighted by molar-refractivity contribution is -0.161. The highest BCUT2D eigenvalue weighted by Gasteiger charge is 2.73. The Hall–Kier alpha value is -3.97. The molecule has 0 spiro atoms. The molecule has 0 saturated carbocycles. The average Bonchev–Trinajstić information content (AvgIpc) is 3.57. The molecule has 2 amide bonds. The van der Waals surface area contributed by atoms with Crippen molar-refractivity contribution in [2.75, 3.05) is 18.6 Å². The maximum atomic E-state index is 14.1. The van der Waals surface area contributed by atoms with E-state index in [1.54, 1.807) is 31.4 Å². The molecule has 0 N–H and O–H groups in total. The summed E-state index contributed by atoms with van der Waals surface area (Å²) >= 11 is 0. The third kappa shape index (κ3) is 3.56. The Morgan fingerprint density at radius 3 is 2.41 bits per heavy atom. The van der Waals surface area contributed by atoms with Crippen molar-refractivity contribution < 1.29 is 23.9 Å². The van der Waals surface area contributed by atoms with Gasteiger partial charge in [0.1, 0.15) is 17.9 Å². The van der Waals surface area contributed by atoms with Crippen molar-refractivity contribution >= 4 is 23.5 Å². The molecule has 3 aromatic carbocycles. The summed E-state index contributed by atoms with van der Waals surface area (Å²) in [6.07, 6.45) is 1.20. The number of rotatable bonds is 6. The predicted octanol–water partition coefficient (Wildman–Crippen LogP) is 4.13. The molecule has 3 heterocycles. The third-order valence-corrected chi connectivity index (χ3v) is 8.03. The number of anilines is 1. The highest BCUT2D eigenvalue weighted by Crippen LogP contribution is 2.60. The molecule has 0 radical (unpaired) electrons. The summed E-state index contributed by atoms with van der Waals surface area (Å²) < 4.78 is 11.4. The van der Waals surface area contributed by atoms with Crippen molar-refractivity contribution in [2.24, 2.45) is 11.8 Å². The molecule has 3 aromatic rings. The molecule has 3 aliphatic heterocycles. The van der Waals surface area contributed by atoms with Crippen molar-refractivity contribution in [3.8, 4) is 5.75 Å². The van der Waals surface area contributed by atoms with Gasteiger partial charge in [-0.1, -0.05) is 60.7 Å². The SMILES string of the molecule is COc1cccc([C@@H]2[C@H]3C(=O)N(c4ccccc4)C(=O)[C@H]3[C@@]3(C(=O)OCc4ccccc4)CCCN23)c1. The zero-order chi connectivity index (χ0) is 25.6. The van der Waals surface area contributed by atoms with Crippen LogP contribution in [0.25, 0.3) is 0 Å². The van der Waals surface area contributed by atoms with Crippen molar-refractivity contribution in [2.45, 2.75) is 31.0 Å². The molecule has 0 aromatic heterocycles. The zero-order valence-electron chi connectivity index (χ0n) is 20.6. The lowest BCUT2D eigenvalue weighted by atomic mass is 9.77. The van der Waals surface area contributed by atoms with Gasteiger partial charge in [0.15, 0.2) is 0 Å². The predicted molar refractivity (Wildman–Crippen MR) is 137 cm³/mol. The number of methoxy groups -OCH3 is 1. The van der Waals surface area contributed by atoms with E-state index < -0.39 is 29.4 Å². The van der Waals surface area contributed by atoms with Crippen molar-refractivity contribution in [3.63, 3.8) is 0 Å². The number of imide groups is 1. The Labute approximate surface area is 215 Å². The Bertz CT molecular complexity index is 1340. The molecule has 4 atom stereocenters. The second-order valence-corrected chi connectivity index (χ2v) is 9.86. The Balaban J connectivity index is 1.45. The van der Waals surface area contributed by atoms with Gasteiger partial charge in [0, 0.05) is 6.04 Å². The van der Waals surface area contributed by atoms with Gasteiger partial charge in [-0.25, -0.2) is 4.90 Å². The number of fused-ring (bicyclic) bond motifs is 3. The normalized spacial score (nSPS) is 26.7. The maximum absolute atomic E-state index is 14.1. The summed E-state index contributed by atoms with van der Waals surface area (Å²) in [6, 6.07) is 25.6. The number of carbonyl (C=O) groups excluding carboxylic acids is 3. The molecule has 3 fully saturated rings. The number of ether oxygens (including phenoxy) is 2. The van der Waals surface area contributed by atoms with Gasteiger partial charge < -0.3 is 9.47 Å². The summed E-state index contributed by atoms with van der Waals surface area (Å²) in [5, 5.41) is 0. The first-order chi connectivity index (χ1) is 18.1. The first-order valence-electron chi connectivity index (χ1n) is 12.6. The molecule has 0 bridgehead atoms. The van der Waals surface area contributed by atoms with Gasteiger partial charge in [0.2, 0.25) is 11.8 Å². The van der Waals surface area contributed by atoms with E-state index in [0.29, 0.717) is 24.4 Å². The summed E-state index contributed by atoms with van der Waals surface area (Å²) in [5.41, 5.74) is 1.04. The van der Waals surface area contributed by atoms with E-state index in [1.165, 1.54) is 4.90 Å². The van der Waals surface area contributed by atoms with Crippen LogP contribution in [0.2, 0.25) is 0 Å². The molecule has 188 valence electrons. The second-order valence-electron chi connectivity index (χ2n) is 9.86. The molecular formula is C30H28N2O5. The van der Waals surface area contributed by atoms with E-state index in [2.05, 4.69) is 4.90 Å². The van der Waals surface area contributed by atoms with E-state index in [0.717, 1.165) is 17.5 Å². The number of para-hydroxylation sites is 1. The molecule has 0 aliphatic carbocycles. The minimum Gasteiger partial charge on any atom is -0.497 e. The quantitative estimate of drug-likeness (QED) is 0.377. The van der Waals surface area contributed by atoms with Gasteiger partial charge in [-0.15, -0.1) is 0 Å². The fraction of sp³-hybridized carbons (Fsp3) is 0.300. The van der Waals surface area contributed by atoms with E-state index in [9.17, 15) is 14.4 Å².